The van der Waals surface area contributed by atoms with Crippen molar-refractivity contribution in [3.63, 3.8) is 0 Å². The molecule has 1 aromatic heterocycles. The second-order valence-electron chi connectivity index (χ2n) is 7.10. The lowest BCUT2D eigenvalue weighted by atomic mass is 10.1. The minimum atomic E-state index is -0.128. The van der Waals surface area contributed by atoms with Crippen LogP contribution < -0.4 is 15.4 Å². The van der Waals surface area contributed by atoms with E-state index in [1.807, 2.05) is 29.2 Å². The molecule has 0 saturated carbocycles. The van der Waals surface area contributed by atoms with Gasteiger partial charge in [-0.2, -0.15) is 5.10 Å². The first-order valence-electron chi connectivity index (χ1n) is 9.62. The van der Waals surface area contributed by atoms with Crippen molar-refractivity contribution in [1.29, 1.82) is 0 Å². The maximum Gasteiger partial charge on any atom is 0.268 e. The molecule has 1 aromatic carbocycles. The van der Waals surface area contributed by atoms with Crippen LogP contribution in [-0.2, 0) is 11.8 Å². The van der Waals surface area contributed by atoms with Crippen LogP contribution in [0.3, 0.4) is 0 Å². The zero-order valence-electron chi connectivity index (χ0n) is 16.1. The van der Waals surface area contributed by atoms with Crippen LogP contribution in [0.25, 0.3) is 0 Å². The number of aryl methyl sites for hydroxylation is 1. The second kappa shape index (κ2) is 8.02. The molecule has 28 heavy (non-hydrogen) atoms. The van der Waals surface area contributed by atoms with E-state index in [0.717, 1.165) is 37.7 Å². The van der Waals surface area contributed by atoms with Crippen LogP contribution in [0.15, 0.2) is 41.3 Å². The molecule has 148 valence electrons. The number of amides is 1. The van der Waals surface area contributed by atoms with Crippen LogP contribution in [0.5, 0.6) is 0 Å². The average Bonchev–Trinajstić information content (AvgIpc) is 2.76. The van der Waals surface area contributed by atoms with E-state index in [1.54, 1.807) is 19.3 Å². The van der Waals surface area contributed by atoms with Crippen molar-refractivity contribution in [2.45, 2.75) is 0 Å². The van der Waals surface area contributed by atoms with E-state index in [1.165, 1.54) is 4.68 Å². The Kier molecular flexibility index (Phi) is 5.29. The summed E-state index contributed by atoms with van der Waals surface area (Å²) >= 11 is 0. The number of hydrogen-bond acceptors (Lipinski definition) is 6. The number of morpholine rings is 1. The lowest BCUT2D eigenvalue weighted by Crippen LogP contribution is -2.49. The number of carbonyl (C=O) groups is 1. The molecule has 2 aromatic rings. The number of carbonyl (C=O) groups excluding carboxylic acids is 1. The fourth-order valence-electron chi connectivity index (χ4n) is 3.62. The maximum atomic E-state index is 12.8. The summed E-state index contributed by atoms with van der Waals surface area (Å²) < 4.78 is 6.70. The molecule has 0 N–H and O–H groups in total. The number of aromatic nitrogens is 2. The zero-order chi connectivity index (χ0) is 19.5. The third kappa shape index (κ3) is 3.87. The topological polar surface area (TPSA) is 70.9 Å². The van der Waals surface area contributed by atoms with Gasteiger partial charge < -0.3 is 19.4 Å². The van der Waals surface area contributed by atoms with Crippen molar-refractivity contribution in [3.8, 4) is 0 Å². The molecule has 2 fully saturated rings. The summed E-state index contributed by atoms with van der Waals surface area (Å²) in [6.07, 6.45) is 1.70. The Balaban J connectivity index is 1.37. The smallest absolute Gasteiger partial charge is 0.268 e. The van der Waals surface area contributed by atoms with Crippen LogP contribution in [0.2, 0.25) is 0 Å². The summed E-state index contributed by atoms with van der Waals surface area (Å²) in [5, 5.41) is 4.07. The highest BCUT2D eigenvalue weighted by Gasteiger charge is 2.23. The van der Waals surface area contributed by atoms with Gasteiger partial charge in [0.1, 0.15) is 0 Å². The quantitative estimate of drug-likeness (QED) is 0.772. The van der Waals surface area contributed by atoms with Crippen LogP contribution in [-0.4, -0.2) is 73.1 Å². The van der Waals surface area contributed by atoms with Gasteiger partial charge in [0.25, 0.3) is 11.5 Å². The molecule has 2 saturated heterocycles. The summed E-state index contributed by atoms with van der Waals surface area (Å²) in [4.78, 5) is 30.9. The van der Waals surface area contributed by atoms with Gasteiger partial charge in [-0.25, -0.2) is 4.68 Å². The third-order valence-corrected chi connectivity index (χ3v) is 5.38. The molecule has 0 radical (unpaired) electrons. The predicted molar refractivity (Wildman–Crippen MR) is 107 cm³/mol. The van der Waals surface area contributed by atoms with Gasteiger partial charge in [-0.3, -0.25) is 9.59 Å². The SMILES string of the molecule is Cn1ncc(N2CCN(C(=O)c3ccc(N4CCOCC4)cc3)CC2)cc1=O. The summed E-state index contributed by atoms with van der Waals surface area (Å²) in [5.74, 6) is 0.0512. The molecule has 8 nitrogen and oxygen atoms in total. The second-order valence-corrected chi connectivity index (χ2v) is 7.10. The first kappa shape index (κ1) is 18.5. The van der Waals surface area contributed by atoms with Gasteiger partial charge >= 0.3 is 0 Å². The minimum absolute atomic E-state index is 0.0512. The van der Waals surface area contributed by atoms with E-state index in [9.17, 15) is 9.59 Å². The third-order valence-electron chi connectivity index (χ3n) is 5.38. The number of rotatable bonds is 3. The molecule has 0 aliphatic carbocycles. The number of anilines is 2. The zero-order valence-corrected chi connectivity index (χ0v) is 16.1. The number of benzene rings is 1. The molecule has 4 rings (SSSR count). The Morgan fingerprint density at radius 2 is 1.57 bits per heavy atom. The van der Waals surface area contributed by atoms with Crippen LogP contribution in [0, 0.1) is 0 Å². The molecular formula is C20H25N5O3. The molecule has 0 bridgehead atoms. The number of hydrogen-bond donors (Lipinski definition) is 0. The van der Waals surface area contributed by atoms with E-state index < -0.39 is 0 Å². The first-order chi connectivity index (χ1) is 13.6. The molecule has 0 atom stereocenters. The minimum Gasteiger partial charge on any atom is -0.378 e. The van der Waals surface area contributed by atoms with E-state index in [-0.39, 0.29) is 11.5 Å². The highest BCUT2D eigenvalue weighted by atomic mass is 16.5. The Bertz CT molecular complexity index is 881. The average molecular weight is 383 g/mol. The van der Waals surface area contributed by atoms with Gasteiger partial charge in [-0.05, 0) is 24.3 Å². The van der Waals surface area contributed by atoms with Gasteiger partial charge in [0.05, 0.1) is 25.1 Å². The largest absolute Gasteiger partial charge is 0.378 e. The molecule has 8 heteroatoms. The molecule has 3 heterocycles. The van der Waals surface area contributed by atoms with Crippen molar-refractivity contribution in [2.75, 3.05) is 62.3 Å². The molecular weight excluding hydrogens is 358 g/mol. The highest BCUT2D eigenvalue weighted by molar-refractivity contribution is 5.94. The van der Waals surface area contributed by atoms with Crippen LogP contribution in [0.1, 0.15) is 10.4 Å². The van der Waals surface area contributed by atoms with Crippen molar-refractivity contribution in [1.82, 2.24) is 14.7 Å². The lowest BCUT2D eigenvalue weighted by molar-refractivity contribution is 0.0746. The Morgan fingerprint density at radius 3 is 2.21 bits per heavy atom. The molecule has 0 spiro atoms. The van der Waals surface area contributed by atoms with E-state index >= 15 is 0 Å². The lowest BCUT2D eigenvalue weighted by Gasteiger charge is -2.36. The molecule has 0 unspecified atom stereocenters. The number of ether oxygens (including phenoxy) is 1. The fraction of sp³-hybridized carbons (Fsp3) is 0.450. The Morgan fingerprint density at radius 1 is 0.929 bits per heavy atom. The first-order valence-corrected chi connectivity index (χ1v) is 9.62. The normalized spacial score (nSPS) is 17.7. The van der Waals surface area contributed by atoms with Crippen LogP contribution in [0.4, 0.5) is 11.4 Å². The summed E-state index contributed by atoms with van der Waals surface area (Å²) in [6, 6.07) is 9.43. The Hall–Kier alpha value is -2.87. The van der Waals surface area contributed by atoms with E-state index in [4.69, 9.17) is 4.74 Å². The van der Waals surface area contributed by atoms with E-state index in [2.05, 4.69) is 14.9 Å². The van der Waals surface area contributed by atoms with Crippen molar-refractivity contribution >= 4 is 17.3 Å². The summed E-state index contributed by atoms with van der Waals surface area (Å²) in [6.45, 7) is 5.87. The molecule has 2 aliphatic rings. The van der Waals surface area contributed by atoms with Crippen LogP contribution >= 0.6 is 0 Å². The Labute approximate surface area is 163 Å². The summed E-state index contributed by atoms with van der Waals surface area (Å²) in [5.41, 5.74) is 2.52. The standard InChI is InChI=1S/C20H25N5O3/c1-22-19(26)14-18(15-21-22)23-6-8-25(9-7-23)20(27)16-2-4-17(5-3-16)24-10-12-28-13-11-24/h2-5,14-15H,6-13H2,1H3. The number of nitrogens with zero attached hydrogens (tertiary/aromatic N) is 5. The van der Waals surface area contributed by atoms with Gasteiger partial charge in [0.15, 0.2) is 0 Å². The van der Waals surface area contributed by atoms with Gasteiger partial charge in [0, 0.05) is 63.6 Å². The highest BCUT2D eigenvalue weighted by Crippen LogP contribution is 2.19. The van der Waals surface area contributed by atoms with E-state index in [0.29, 0.717) is 31.7 Å². The maximum absolute atomic E-state index is 12.8. The van der Waals surface area contributed by atoms with Gasteiger partial charge in [-0.1, -0.05) is 0 Å². The monoisotopic (exact) mass is 383 g/mol. The van der Waals surface area contributed by atoms with Crippen molar-refractivity contribution in [3.05, 3.63) is 52.4 Å². The van der Waals surface area contributed by atoms with Gasteiger partial charge in [0.2, 0.25) is 0 Å². The fourth-order valence-corrected chi connectivity index (χ4v) is 3.62. The van der Waals surface area contributed by atoms with Crippen molar-refractivity contribution in [2.24, 2.45) is 7.05 Å². The van der Waals surface area contributed by atoms with Gasteiger partial charge in [-0.15, -0.1) is 0 Å². The molecule has 2 aliphatic heterocycles. The van der Waals surface area contributed by atoms with Crippen molar-refractivity contribution < 1.29 is 9.53 Å². The predicted octanol–water partition coefficient (Wildman–Crippen LogP) is 0.579. The summed E-state index contributed by atoms with van der Waals surface area (Å²) in [7, 11) is 1.63. The molecule has 1 amide bonds. The number of piperazine rings is 1.